The first kappa shape index (κ1) is 13.1. The molecule has 0 atom stereocenters. The van der Waals surface area contributed by atoms with E-state index in [0.29, 0.717) is 5.82 Å². The number of rotatable bonds is 2. The highest BCUT2D eigenvalue weighted by molar-refractivity contribution is 7.86. The Hall–Kier alpha value is -0.980. The molecule has 1 aromatic rings. The van der Waals surface area contributed by atoms with E-state index in [9.17, 15) is 12.3 Å². The van der Waals surface area contributed by atoms with Crippen molar-refractivity contribution in [3.63, 3.8) is 0 Å². The van der Waals surface area contributed by atoms with Crippen LogP contribution in [-0.4, -0.2) is 23.2 Å². The summed E-state index contributed by atoms with van der Waals surface area (Å²) in [5.41, 5.74) is -0.389. The number of nitrogens with zero attached hydrogens (tertiary/aromatic N) is 3. The minimum Gasteiger partial charge on any atom is -0.297 e. The fourth-order valence-corrected chi connectivity index (χ4v) is 2.09. The second kappa shape index (κ2) is 3.80. The van der Waals surface area contributed by atoms with Crippen LogP contribution in [0.15, 0.2) is 5.16 Å². The monoisotopic (exact) mass is 249 g/mol. The first-order valence-corrected chi connectivity index (χ1v) is 6.33. The van der Waals surface area contributed by atoms with Crippen molar-refractivity contribution in [1.29, 1.82) is 0 Å². The maximum absolute atomic E-state index is 13.0. The lowest BCUT2D eigenvalue weighted by Gasteiger charge is -2.21. The second-order valence-corrected chi connectivity index (χ2v) is 6.20. The summed E-state index contributed by atoms with van der Waals surface area (Å²) in [6.45, 7) is 9.11. The molecule has 0 saturated carbocycles. The molecule has 0 unspecified atom stereocenters. The molecule has 0 aliphatic carbocycles. The largest absolute Gasteiger partial charge is 0.368 e. The van der Waals surface area contributed by atoms with Gasteiger partial charge in [-0.15, -0.1) is 10.2 Å². The van der Waals surface area contributed by atoms with Crippen LogP contribution in [-0.2, 0) is 15.6 Å². The highest BCUT2D eigenvalue weighted by Gasteiger charge is 2.30. The summed E-state index contributed by atoms with van der Waals surface area (Å²) in [5, 5.41) is 6.58. The zero-order valence-corrected chi connectivity index (χ0v) is 10.8. The van der Waals surface area contributed by atoms with Crippen molar-refractivity contribution < 1.29 is 12.3 Å². The van der Waals surface area contributed by atoms with Gasteiger partial charge in [0.25, 0.3) is 5.16 Å². The first-order valence-electron chi connectivity index (χ1n) is 4.95. The number of hydrogen-bond donors (Lipinski definition) is 0. The molecule has 0 saturated heterocycles. The van der Waals surface area contributed by atoms with Crippen LogP contribution >= 0.6 is 0 Å². The molecule has 0 aliphatic heterocycles. The predicted molar refractivity (Wildman–Crippen MR) is 57.4 cm³/mol. The molecule has 0 aliphatic rings. The molecule has 0 aromatic carbocycles. The summed E-state index contributed by atoms with van der Waals surface area (Å²) in [4.78, 5) is 0. The van der Waals surface area contributed by atoms with Crippen LogP contribution in [0.25, 0.3) is 0 Å². The Morgan fingerprint density at radius 1 is 1.25 bits per heavy atom. The summed E-state index contributed by atoms with van der Waals surface area (Å²) >= 11 is 0. The van der Waals surface area contributed by atoms with Crippen molar-refractivity contribution in [2.75, 3.05) is 0 Å². The summed E-state index contributed by atoms with van der Waals surface area (Å²) < 4.78 is 36.1. The molecule has 0 bridgehead atoms. The average molecular weight is 249 g/mol. The molecule has 5 nitrogen and oxygen atoms in total. The maximum atomic E-state index is 13.0. The standard InChI is InChI=1S/C9H16FN3O2S/c1-6(2)13-7(9(3,4)5)11-12-8(13)16(10,14)15/h6H,1-5H3. The third-order valence-electron chi connectivity index (χ3n) is 2.07. The summed E-state index contributed by atoms with van der Waals surface area (Å²) in [6.07, 6.45) is 0. The average Bonchev–Trinajstić information content (AvgIpc) is 2.43. The summed E-state index contributed by atoms with van der Waals surface area (Å²) in [6, 6.07) is -0.218. The van der Waals surface area contributed by atoms with E-state index in [-0.39, 0.29) is 11.5 Å². The maximum Gasteiger partial charge on any atom is 0.368 e. The van der Waals surface area contributed by atoms with Gasteiger partial charge in [-0.2, -0.15) is 8.42 Å². The Labute approximate surface area is 94.9 Å². The summed E-state index contributed by atoms with van der Waals surface area (Å²) in [7, 11) is -4.83. The lowest BCUT2D eigenvalue weighted by Crippen LogP contribution is -2.22. The van der Waals surface area contributed by atoms with Gasteiger partial charge in [0.1, 0.15) is 5.82 Å². The second-order valence-electron chi connectivity index (χ2n) is 4.96. The first-order chi connectivity index (χ1) is 7.05. The Morgan fingerprint density at radius 2 is 1.75 bits per heavy atom. The van der Waals surface area contributed by atoms with Gasteiger partial charge in [-0.3, -0.25) is 4.57 Å². The molecule has 1 aromatic heterocycles. The van der Waals surface area contributed by atoms with Crippen molar-refractivity contribution in [3.05, 3.63) is 5.82 Å². The van der Waals surface area contributed by atoms with E-state index in [1.807, 2.05) is 20.8 Å². The molecular formula is C9H16FN3O2S. The zero-order chi connectivity index (χ0) is 12.7. The lowest BCUT2D eigenvalue weighted by atomic mass is 9.95. The quantitative estimate of drug-likeness (QED) is 0.750. The fourth-order valence-electron chi connectivity index (χ4n) is 1.42. The molecule has 92 valence electrons. The highest BCUT2D eigenvalue weighted by Crippen LogP contribution is 2.26. The van der Waals surface area contributed by atoms with E-state index >= 15 is 0 Å². The van der Waals surface area contributed by atoms with Crippen LogP contribution in [0.3, 0.4) is 0 Å². The van der Waals surface area contributed by atoms with Gasteiger partial charge in [0.15, 0.2) is 0 Å². The lowest BCUT2D eigenvalue weighted by molar-refractivity contribution is 0.438. The van der Waals surface area contributed by atoms with E-state index < -0.39 is 15.4 Å². The van der Waals surface area contributed by atoms with Gasteiger partial charge >= 0.3 is 10.2 Å². The third kappa shape index (κ3) is 2.40. The molecule has 7 heteroatoms. The SMILES string of the molecule is CC(C)n1c(C(C)(C)C)nnc1S(=O)(=O)F. The van der Waals surface area contributed by atoms with E-state index in [2.05, 4.69) is 10.2 Å². The zero-order valence-electron chi connectivity index (χ0n) is 10.0. The van der Waals surface area contributed by atoms with Crippen LogP contribution in [0.2, 0.25) is 0 Å². The van der Waals surface area contributed by atoms with Gasteiger partial charge in [0, 0.05) is 11.5 Å². The number of halogens is 1. The van der Waals surface area contributed by atoms with Crippen molar-refractivity contribution in [3.8, 4) is 0 Å². The Bertz CT molecular complexity index is 485. The molecule has 0 fully saturated rings. The van der Waals surface area contributed by atoms with Crippen molar-refractivity contribution >= 4 is 10.2 Å². The molecule has 1 rings (SSSR count). The fraction of sp³-hybridized carbons (Fsp3) is 0.778. The third-order valence-corrected chi connectivity index (χ3v) is 2.78. The molecule has 0 spiro atoms. The van der Waals surface area contributed by atoms with E-state index in [4.69, 9.17) is 0 Å². The van der Waals surface area contributed by atoms with Crippen molar-refractivity contribution in [1.82, 2.24) is 14.8 Å². The Morgan fingerprint density at radius 3 is 2.06 bits per heavy atom. The smallest absolute Gasteiger partial charge is 0.297 e. The summed E-state index contributed by atoms with van der Waals surface area (Å²) in [5.74, 6) is 0.457. The topological polar surface area (TPSA) is 64.8 Å². The van der Waals surface area contributed by atoms with Gasteiger partial charge in [-0.05, 0) is 13.8 Å². The highest BCUT2D eigenvalue weighted by atomic mass is 32.3. The molecule has 0 N–H and O–H groups in total. The van der Waals surface area contributed by atoms with Gasteiger partial charge in [-0.1, -0.05) is 24.7 Å². The number of hydrogen-bond acceptors (Lipinski definition) is 4. The normalized spacial score (nSPS) is 13.4. The molecule has 1 heterocycles. The minimum absolute atomic E-state index is 0.218. The van der Waals surface area contributed by atoms with Crippen molar-refractivity contribution in [2.24, 2.45) is 0 Å². The Balaban J connectivity index is 3.53. The van der Waals surface area contributed by atoms with Crippen LogP contribution in [0.5, 0.6) is 0 Å². The van der Waals surface area contributed by atoms with Gasteiger partial charge in [0.05, 0.1) is 0 Å². The van der Waals surface area contributed by atoms with E-state index in [1.54, 1.807) is 13.8 Å². The molecule has 0 amide bonds. The van der Waals surface area contributed by atoms with Gasteiger partial charge in [-0.25, -0.2) is 0 Å². The van der Waals surface area contributed by atoms with Crippen LogP contribution in [0.4, 0.5) is 3.89 Å². The van der Waals surface area contributed by atoms with Crippen LogP contribution < -0.4 is 0 Å². The predicted octanol–water partition coefficient (Wildman–Crippen LogP) is 1.81. The van der Waals surface area contributed by atoms with Gasteiger partial charge in [0.2, 0.25) is 0 Å². The number of aromatic nitrogens is 3. The van der Waals surface area contributed by atoms with Crippen molar-refractivity contribution in [2.45, 2.75) is 51.2 Å². The van der Waals surface area contributed by atoms with Crippen LogP contribution in [0, 0.1) is 0 Å². The molecule has 0 radical (unpaired) electrons. The van der Waals surface area contributed by atoms with Crippen LogP contribution in [0.1, 0.15) is 46.5 Å². The van der Waals surface area contributed by atoms with E-state index in [0.717, 1.165) is 0 Å². The molecule has 16 heavy (non-hydrogen) atoms. The molecular weight excluding hydrogens is 233 g/mol. The Kier molecular flexibility index (Phi) is 3.11. The minimum atomic E-state index is -4.83. The van der Waals surface area contributed by atoms with E-state index in [1.165, 1.54) is 4.57 Å². The van der Waals surface area contributed by atoms with Gasteiger partial charge < -0.3 is 0 Å².